The summed E-state index contributed by atoms with van der Waals surface area (Å²) in [6.45, 7) is 1.90. The van der Waals surface area contributed by atoms with Crippen LogP contribution in [0.3, 0.4) is 0 Å². The Bertz CT molecular complexity index is 699. The number of amides is 2. The molecule has 3 nitrogen and oxygen atoms in total. The smallest absolute Gasteiger partial charge is 0.261 e. The van der Waals surface area contributed by atoms with Gasteiger partial charge in [0.05, 0.1) is 11.1 Å². The maximum Gasteiger partial charge on any atom is 0.261 e. The summed E-state index contributed by atoms with van der Waals surface area (Å²) in [6, 6.07) is 16.8. The van der Waals surface area contributed by atoms with Crippen molar-refractivity contribution >= 4 is 17.9 Å². The van der Waals surface area contributed by atoms with Gasteiger partial charge in [0.2, 0.25) is 0 Å². The summed E-state index contributed by atoms with van der Waals surface area (Å²) >= 11 is 0. The topological polar surface area (TPSA) is 37.4 Å². The third kappa shape index (κ3) is 2.58. The highest BCUT2D eigenvalue weighted by atomic mass is 16.2. The van der Waals surface area contributed by atoms with Gasteiger partial charge in [0, 0.05) is 6.04 Å². The lowest BCUT2D eigenvalue weighted by Gasteiger charge is -2.21. The number of fused-ring (bicyclic) bond motifs is 1. The Morgan fingerprint density at radius 1 is 0.909 bits per heavy atom. The number of carbonyl (C=O) groups excluding carboxylic acids is 2. The van der Waals surface area contributed by atoms with Gasteiger partial charge in [-0.2, -0.15) is 0 Å². The lowest BCUT2D eigenvalue weighted by atomic mass is 10.1. The second-order valence-electron chi connectivity index (χ2n) is 5.42. The fraction of sp³-hybridized carbons (Fsp3) is 0.158. The van der Waals surface area contributed by atoms with Gasteiger partial charge in [-0.25, -0.2) is 0 Å². The maximum atomic E-state index is 12.4. The predicted molar refractivity (Wildman–Crippen MR) is 86.5 cm³/mol. The van der Waals surface area contributed by atoms with E-state index in [1.54, 1.807) is 24.3 Å². The van der Waals surface area contributed by atoms with E-state index in [2.05, 4.69) is 0 Å². The summed E-state index contributed by atoms with van der Waals surface area (Å²) in [6.07, 6.45) is 4.65. The zero-order chi connectivity index (χ0) is 15.5. The molecule has 0 aromatic heterocycles. The molecule has 1 heterocycles. The molecule has 0 bridgehead atoms. The highest BCUT2D eigenvalue weighted by Crippen LogP contribution is 2.25. The van der Waals surface area contributed by atoms with E-state index in [0.29, 0.717) is 17.5 Å². The Morgan fingerprint density at radius 3 is 2.05 bits per heavy atom. The number of rotatable bonds is 4. The summed E-state index contributed by atoms with van der Waals surface area (Å²) in [4.78, 5) is 26.1. The molecule has 2 aromatic rings. The first-order chi connectivity index (χ1) is 10.7. The van der Waals surface area contributed by atoms with Crippen molar-refractivity contribution in [1.82, 2.24) is 4.90 Å². The molecule has 0 N–H and O–H groups in total. The normalized spacial score (nSPS) is 15.4. The molecule has 22 heavy (non-hydrogen) atoms. The van der Waals surface area contributed by atoms with Gasteiger partial charge < -0.3 is 0 Å². The lowest BCUT2D eigenvalue weighted by molar-refractivity contribution is 0.0598. The van der Waals surface area contributed by atoms with Crippen molar-refractivity contribution in [3.63, 3.8) is 0 Å². The third-order valence-electron chi connectivity index (χ3n) is 3.85. The quantitative estimate of drug-likeness (QED) is 0.804. The minimum absolute atomic E-state index is 0.160. The molecule has 2 aromatic carbocycles. The van der Waals surface area contributed by atoms with Gasteiger partial charge in [0.1, 0.15) is 0 Å². The van der Waals surface area contributed by atoms with Crippen molar-refractivity contribution in [2.24, 2.45) is 0 Å². The molecule has 110 valence electrons. The van der Waals surface area contributed by atoms with Crippen molar-refractivity contribution in [3.05, 3.63) is 77.4 Å². The molecule has 0 saturated carbocycles. The average Bonchev–Trinajstić information content (AvgIpc) is 2.80. The minimum Gasteiger partial charge on any atom is -0.271 e. The van der Waals surface area contributed by atoms with Crippen LogP contribution in [0.2, 0.25) is 0 Å². The van der Waals surface area contributed by atoms with Crippen molar-refractivity contribution in [2.75, 3.05) is 0 Å². The van der Waals surface area contributed by atoms with E-state index >= 15 is 0 Å². The van der Waals surface area contributed by atoms with E-state index in [1.165, 1.54) is 4.90 Å². The Labute approximate surface area is 129 Å². The van der Waals surface area contributed by atoms with Crippen LogP contribution in [0.15, 0.2) is 60.7 Å². The number of hydrogen-bond acceptors (Lipinski definition) is 2. The summed E-state index contributed by atoms with van der Waals surface area (Å²) in [5.41, 5.74) is 2.12. The minimum atomic E-state index is -0.193. The molecule has 0 radical (unpaired) electrons. The molecule has 3 heteroatoms. The van der Waals surface area contributed by atoms with E-state index < -0.39 is 0 Å². The predicted octanol–water partition coefficient (Wildman–Crippen LogP) is 3.77. The molecule has 1 aliphatic rings. The molecule has 0 fully saturated rings. The molecule has 0 aliphatic carbocycles. The molecule has 0 saturated heterocycles. The highest BCUT2D eigenvalue weighted by Gasteiger charge is 2.37. The second-order valence-corrected chi connectivity index (χ2v) is 5.42. The standard InChI is InChI=1S/C19H17NO2/c1-14(8-7-11-15-9-3-2-4-10-15)20-18(21)16-12-5-6-13-17(16)19(20)22/h2-7,9-14H,8H2,1H3/b11-7+. The van der Waals surface area contributed by atoms with Crippen LogP contribution in [0.4, 0.5) is 0 Å². The number of imide groups is 1. The van der Waals surface area contributed by atoms with Gasteiger partial charge in [-0.1, -0.05) is 54.6 Å². The van der Waals surface area contributed by atoms with Crippen molar-refractivity contribution in [1.29, 1.82) is 0 Å². The van der Waals surface area contributed by atoms with E-state index in [9.17, 15) is 9.59 Å². The molecular formula is C19H17NO2. The first-order valence-electron chi connectivity index (χ1n) is 7.37. The first-order valence-corrected chi connectivity index (χ1v) is 7.37. The zero-order valence-corrected chi connectivity index (χ0v) is 12.4. The summed E-state index contributed by atoms with van der Waals surface area (Å²) in [5.74, 6) is -0.387. The van der Waals surface area contributed by atoms with Crippen LogP contribution in [0.1, 0.15) is 39.6 Å². The van der Waals surface area contributed by atoms with E-state index in [4.69, 9.17) is 0 Å². The fourth-order valence-corrected chi connectivity index (χ4v) is 2.68. The van der Waals surface area contributed by atoms with E-state index in [0.717, 1.165) is 5.56 Å². The van der Waals surface area contributed by atoms with Gasteiger partial charge in [0.15, 0.2) is 0 Å². The number of carbonyl (C=O) groups is 2. The summed E-state index contributed by atoms with van der Waals surface area (Å²) in [5, 5.41) is 0. The number of benzene rings is 2. The Kier molecular flexibility index (Phi) is 3.88. The molecule has 2 amide bonds. The van der Waals surface area contributed by atoms with E-state index in [-0.39, 0.29) is 17.9 Å². The molecular weight excluding hydrogens is 274 g/mol. The SMILES string of the molecule is CC(C/C=C/c1ccccc1)N1C(=O)c2ccccc2C1=O. The Morgan fingerprint density at radius 2 is 1.45 bits per heavy atom. The lowest BCUT2D eigenvalue weighted by Crippen LogP contribution is -2.37. The van der Waals surface area contributed by atoms with Gasteiger partial charge in [0.25, 0.3) is 11.8 Å². The van der Waals surface area contributed by atoms with Gasteiger partial charge in [-0.3, -0.25) is 14.5 Å². The van der Waals surface area contributed by atoms with Crippen molar-refractivity contribution < 1.29 is 9.59 Å². The maximum absolute atomic E-state index is 12.4. The van der Waals surface area contributed by atoms with Crippen LogP contribution in [0.5, 0.6) is 0 Å². The van der Waals surface area contributed by atoms with Crippen molar-refractivity contribution in [2.45, 2.75) is 19.4 Å². The second kappa shape index (κ2) is 5.98. The first kappa shape index (κ1) is 14.3. The fourth-order valence-electron chi connectivity index (χ4n) is 2.68. The summed E-state index contributed by atoms with van der Waals surface area (Å²) in [7, 11) is 0. The van der Waals surface area contributed by atoms with Crippen LogP contribution >= 0.6 is 0 Å². The van der Waals surface area contributed by atoms with Crippen molar-refractivity contribution in [3.8, 4) is 0 Å². The third-order valence-corrected chi connectivity index (χ3v) is 3.85. The average molecular weight is 291 g/mol. The largest absolute Gasteiger partial charge is 0.271 e. The number of nitrogens with zero attached hydrogens (tertiary/aromatic N) is 1. The van der Waals surface area contributed by atoms with Crippen LogP contribution in [0, 0.1) is 0 Å². The molecule has 1 unspecified atom stereocenters. The van der Waals surface area contributed by atoms with Crippen LogP contribution < -0.4 is 0 Å². The van der Waals surface area contributed by atoms with E-state index in [1.807, 2.05) is 49.4 Å². The molecule has 0 spiro atoms. The Hall–Kier alpha value is -2.68. The molecule has 3 rings (SSSR count). The zero-order valence-electron chi connectivity index (χ0n) is 12.4. The monoisotopic (exact) mass is 291 g/mol. The van der Waals surface area contributed by atoms with Crippen LogP contribution in [-0.2, 0) is 0 Å². The molecule has 1 atom stereocenters. The van der Waals surface area contributed by atoms with Gasteiger partial charge in [-0.05, 0) is 31.0 Å². The highest BCUT2D eigenvalue weighted by molar-refractivity contribution is 6.21. The van der Waals surface area contributed by atoms with Gasteiger partial charge in [-0.15, -0.1) is 0 Å². The van der Waals surface area contributed by atoms with Gasteiger partial charge >= 0.3 is 0 Å². The van der Waals surface area contributed by atoms with Crippen LogP contribution in [0.25, 0.3) is 6.08 Å². The Balaban J connectivity index is 1.71. The number of hydrogen-bond donors (Lipinski definition) is 0. The summed E-state index contributed by atoms with van der Waals surface area (Å²) < 4.78 is 0. The molecule has 1 aliphatic heterocycles. The van der Waals surface area contributed by atoms with Crippen LogP contribution in [-0.4, -0.2) is 22.8 Å².